The summed E-state index contributed by atoms with van der Waals surface area (Å²) >= 11 is 0. The van der Waals surface area contributed by atoms with Gasteiger partial charge < -0.3 is 19.1 Å². The number of piperazine rings is 1. The first-order valence-corrected chi connectivity index (χ1v) is 8.73. The highest BCUT2D eigenvalue weighted by atomic mass is 16.5. The van der Waals surface area contributed by atoms with E-state index < -0.39 is 0 Å². The number of carbonyl (C=O) groups excluding carboxylic acids is 1. The summed E-state index contributed by atoms with van der Waals surface area (Å²) in [6.45, 7) is 5.74. The Morgan fingerprint density at radius 3 is 2.27 bits per heavy atom. The third-order valence-electron chi connectivity index (χ3n) is 4.41. The summed E-state index contributed by atoms with van der Waals surface area (Å²) < 4.78 is 16.3. The lowest BCUT2D eigenvalue weighted by atomic mass is 10.1. The topological polar surface area (TPSA) is 51.2 Å². The van der Waals surface area contributed by atoms with Crippen molar-refractivity contribution in [2.24, 2.45) is 0 Å². The second-order valence-corrected chi connectivity index (χ2v) is 5.98. The Morgan fingerprint density at radius 1 is 1.00 bits per heavy atom. The van der Waals surface area contributed by atoms with Gasteiger partial charge in [-0.05, 0) is 13.0 Å². The Morgan fingerprint density at radius 2 is 1.69 bits per heavy atom. The second-order valence-electron chi connectivity index (χ2n) is 5.98. The van der Waals surface area contributed by atoms with E-state index in [-0.39, 0.29) is 5.91 Å². The first kappa shape index (κ1) is 19.8. The maximum atomic E-state index is 12.1. The summed E-state index contributed by atoms with van der Waals surface area (Å²) in [6, 6.07) is 3.89. The highest BCUT2D eigenvalue weighted by Crippen LogP contribution is 2.40. The molecule has 1 aliphatic heterocycles. The van der Waals surface area contributed by atoms with Crippen LogP contribution < -0.4 is 14.2 Å². The average molecular weight is 360 g/mol. The van der Waals surface area contributed by atoms with Gasteiger partial charge in [-0.25, -0.2) is 0 Å². The highest BCUT2D eigenvalue weighted by Gasteiger charge is 2.22. The molecular weight excluding hydrogens is 332 g/mol. The predicted octanol–water partition coefficient (Wildman–Crippen LogP) is 2.49. The zero-order chi connectivity index (χ0) is 18.9. The SMILES string of the molecule is C/C=C/C=C/C(=O)N1CCN(Cc2ccc(OC)c(OC)c2OC)CC1. The van der Waals surface area contributed by atoms with Crippen LogP contribution in [0.2, 0.25) is 0 Å². The number of amides is 1. The van der Waals surface area contributed by atoms with Crippen LogP contribution in [0.1, 0.15) is 12.5 Å². The van der Waals surface area contributed by atoms with E-state index in [1.807, 2.05) is 36.1 Å². The molecule has 142 valence electrons. The molecule has 0 bridgehead atoms. The van der Waals surface area contributed by atoms with Crippen LogP contribution >= 0.6 is 0 Å². The number of hydrogen-bond acceptors (Lipinski definition) is 5. The molecule has 1 aromatic rings. The van der Waals surface area contributed by atoms with Gasteiger partial charge in [-0.1, -0.05) is 24.3 Å². The zero-order valence-electron chi connectivity index (χ0n) is 16.0. The van der Waals surface area contributed by atoms with E-state index in [0.29, 0.717) is 30.3 Å². The number of methoxy groups -OCH3 is 3. The van der Waals surface area contributed by atoms with Gasteiger partial charge >= 0.3 is 0 Å². The number of rotatable bonds is 7. The molecule has 1 heterocycles. The monoisotopic (exact) mass is 360 g/mol. The molecule has 1 saturated heterocycles. The summed E-state index contributed by atoms with van der Waals surface area (Å²) in [6.07, 6.45) is 7.16. The maximum Gasteiger partial charge on any atom is 0.246 e. The van der Waals surface area contributed by atoms with E-state index in [2.05, 4.69) is 4.90 Å². The molecule has 2 rings (SSSR count). The van der Waals surface area contributed by atoms with Gasteiger partial charge in [-0.2, -0.15) is 0 Å². The number of allylic oxidation sites excluding steroid dienone is 3. The Bertz CT molecular complexity index is 662. The van der Waals surface area contributed by atoms with E-state index in [4.69, 9.17) is 14.2 Å². The lowest BCUT2D eigenvalue weighted by molar-refractivity contribution is -0.127. The van der Waals surface area contributed by atoms with Gasteiger partial charge in [0.1, 0.15) is 0 Å². The fourth-order valence-corrected chi connectivity index (χ4v) is 3.01. The second kappa shape index (κ2) is 9.87. The molecular formula is C20H28N2O4. The Hall–Kier alpha value is -2.47. The summed E-state index contributed by atoms with van der Waals surface area (Å²) in [5, 5.41) is 0. The summed E-state index contributed by atoms with van der Waals surface area (Å²) in [5.74, 6) is 2.01. The minimum Gasteiger partial charge on any atom is -0.493 e. The van der Waals surface area contributed by atoms with Gasteiger partial charge in [-0.3, -0.25) is 9.69 Å². The first-order valence-electron chi connectivity index (χ1n) is 8.73. The molecule has 6 heteroatoms. The van der Waals surface area contributed by atoms with Crippen LogP contribution in [0.25, 0.3) is 0 Å². The van der Waals surface area contributed by atoms with Gasteiger partial charge in [0, 0.05) is 44.4 Å². The molecule has 1 fully saturated rings. The summed E-state index contributed by atoms with van der Waals surface area (Å²) in [7, 11) is 4.85. The highest BCUT2D eigenvalue weighted by molar-refractivity contribution is 5.87. The Balaban J connectivity index is 2.00. The van der Waals surface area contributed by atoms with E-state index in [1.165, 1.54) is 0 Å². The molecule has 0 radical (unpaired) electrons. The Labute approximate surface area is 155 Å². The molecule has 1 amide bonds. The van der Waals surface area contributed by atoms with Crippen molar-refractivity contribution in [1.82, 2.24) is 9.80 Å². The van der Waals surface area contributed by atoms with Crippen LogP contribution in [0.15, 0.2) is 36.4 Å². The standard InChI is InChI=1S/C20H28N2O4/c1-5-6-7-8-18(23)22-13-11-21(12-14-22)15-16-9-10-17(24-2)20(26-4)19(16)25-3/h5-10H,11-15H2,1-4H3/b6-5+,8-7+. The van der Waals surface area contributed by atoms with Gasteiger partial charge in [0.25, 0.3) is 0 Å². The van der Waals surface area contributed by atoms with E-state index in [9.17, 15) is 4.79 Å². The van der Waals surface area contributed by atoms with Gasteiger partial charge in [0.05, 0.1) is 21.3 Å². The number of benzene rings is 1. The first-order chi connectivity index (χ1) is 12.6. The molecule has 6 nitrogen and oxygen atoms in total. The molecule has 1 aliphatic rings. The minimum absolute atomic E-state index is 0.0615. The zero-order valence-corrected chi connectivity index (χ0v) is 16.0. The maximum absolute atomic E-state index is 12.1. The lowest BCUT2D eigenvalue weighted by Gasteiger charge is -2.34. The largest absolute Gasteiger partial charge is 0.493 e. The van der Waals surface area contributed by atoms with Crippen molar-refractivity contribution in [3.8, 4) is 17.2 Å². The van der Waals surface area contributed by atoms with Crippen LogP contribution in [0.4, 0.5) is 0 Å². The van der Waals surface area contributed by atoms with E-state index in [0.717, 1.165) is 25.2 Å². The molecule has 0 spiro atoms. The van der Waals surface area contributed by atoms with E-state index >= 15 is 0 Å². The fraction of sp³-hybridized carbons (Fsp3) is 0.450. The number of nitrogens with zero attached hydrogens (tertiary/aromatic N) is 2. The number of hydrogen-bond donors (Lipinski definition) is 0. The Kier molecular flexibility index (Phi) is 7.53. The molecule has 0 aliphatic carbocycles. The van der Waals surface area contributed by atoms with Crippen LogP contribution in [0.5, 0.6) is 17.2 Å². The van der Waals surface area contributed by atoms with Crippen LogP contribution in [-0.2, 0) is 11.3 Å². The molecule has 0 N–H and O–H groups in total. The molecule has 0 aromatic heterocycles. The minimum atomic E-state index is 0.0615. The summed E-state index contributed by atoms with van der Waals surface area (Å²) in [4.78, 5) is 16.3. The van der Waals surface area contributed by atoms with Gasteiger partial charge in [0.2, 0.25) is 11.7 Å². The fourth-order valence-electron chi connectivity index (χ4n) is 3.01. The van der Waals surface area contributed by atoms with Crippen molar-refractivity contribution in [1.29, 1.82) is 0 Å². The van der Waals surface area contributed by atoms with Crippen molar-refractivity contribution in [2.45, 2.75) is 13.5 Å². The third kappa shape index (κ3) is 4.79. The quantitative estimate of drug-likeness (QED) is 0.552. The van der Waals surface area contributed by atoms with E-state index in [1.54, 1.807) is 33.5 Å². The van der Waals surface area contributed by atoms with Crippen molar-refractivity contribution in [2.75, 3.05) is 47.5 Å². The smallest absolute Gasteiger partial charge is 0.246 e. The number of ether oxygens (including phenoxy) is 3. The molecule has 1 aromatic carbocycles. The van der Waals surface area contributed by atoms with Gasteiger partial charge in [-0.15, -0.1) is 0 Å². The predicted molar refractivity (Wildman–Crippen MR) is 102 cm³/mol. The van der Waals surface area contributed by atoms with Crippen molar-refractivity contribution >= 4 is 5.91 Å². The van der Waals surface area contributed by atoms with Gasteiger partial charge in [0.15, 0.2) is 11.5 Å². The van der Waals surface area contributed by atoms with Crippen molar-refractivity contribution in [3.05, 3.63) is 42.0 Å². The lowest BCUT2D eigenvalue weighted by Crippen LogP contribution is -2.47. The molecule has 0 saturated carbocycles. The average Bonchev–Trinajstić information content (AvgIpc) is 2.68. The number of carbonyl (C=O) groups is 1. The normalized spacial score (nSPS) is 15.6. The van der Waals surface area contributed by atoms with Crippen LogP contribution in [0, 0.1) is 0 Å². The van der Waals surface area contributed by atoms with Crippen LogP contribution in [-0.4, -0.2) is 63.2 Å². The molecule has 0 unspecified atom stereocenters. The van der Waals surface area contributed by atoms with Crippen molar-refractivity contribution < 1.29 is 19.0 Å². The van der Waals surface area contributed by atoms with Crippen molar-refractivity contribution in [3.63, 3.8) is 0 Å². The van der Waals surface area contributed by atoms with Crippen LogP contribution in [0.3, 0.4) is 0 Å². The molecule has 26 heavy (non-hydrogen) atoms. The molecule has 0 atom stereocenters. The third-order valence-corrected chi connectivity index (χ3v) is 4.41. The summed E-state index contributed by atoms with van der Waals surface area (Å²) in [5.41, 5.74) is 1.04.